The Kier molecular flexibility index (Phi) is 3.56. The molecule has 17 heavy (non-hydrogen) atoms. The Morgan fingerprint density at radius 2 is 2.18 bits per heavy atom. The third kappa shape index (κ3) is 3.56. The van der Waals surface area contributed by atoms with E-state index < -0.39 is 0 Å². The van der Waals surface area contributed by atoms with Gasteiger partial charge < -0.3 is 5.32 Å². The first kappa shape index (κ1) is 12.6. The Labute approximate surface area is 106 Å². The van der Waals surface area contributed by atoms with Gasteiger partial charge in [0.25, 0.3) is 0 Å². The first-order chi connectivity index (χ1) is 7.94. The van der Waals surface area contributed by atoms with Gasteiger partial charge in [0.15, 0.2) is 5.17 Å². The lowest BCUT2D eigenvalue weighted by Gasteiger charge is -2.34. The zero-order valence-electron chi connectivity index (χ0n) is 10.6. The van der Waals surface area contributed by atoms with E-state index in [0.717, 1.165) is 18.6 Å². The largest absolute Gasteiger partial charge is 0.303 e. The number of amidine groups is 1. The smallest absolute Gasteiger partial charge is 0.236 e. The molecule has 0 bridgehead atoms. The number of nitrogens with one attached hydrogen (secondary N) is 1. The number of thioether (sulfide) groups is 1. The second-order valence-electron chi connectivity index (χ2n) is 5.76. The highest BCUT2D eigenvalue weighted by molar-refractivity contribution is 8.15. The Bertz CT molecular complexity index is 387. The SMILES string of the molecule is C[C@@H]1C/C(=N/N=C2\NC(=O)CS2)CC(C)(C)C1. The summed E-state index contributed by atoms with van der Waals surface area (Å²) < 4.78 is 0. The van der Waals surface area contributed by atoms with Crippen molar-refractivity contribution >= 4 is 28.5 Å². The lowest BCUT2D eigenvalue weighted by atomic mass is 9.72. The van der Waals surface area contributed by atoms with E-state index in [9.17, 15) is 4.79 Å². The highest BCUT2D eigenvalue weighted by atomic mass is 32.2. The Balaban J connectivity index is 2.04. The van der Waals surface area contributed by atoms with Crippen molar-refractivity contribution in [2.24, 2.45) is 21.5 Å². The summed E-state index contributed by atoms with van der Waals surface area (Å²) in [6.07, 6.45) is 3.28. The molecule has 5 heteroatoms. The highest BCUT2D eigenvalue weighted by Gasteiger charge is 2.29. The van der Waals surface area contributed by atoms with Gasteiger partial charge in [0.05, 0.1) is 5.75 Å². The van der Waals surface area contributed by atoms with Gasteiger partial charge in [-0.25, -0.2) is 0 Å². The van der Waals surface area contributed by atoms with E-state index >= 15 is 0 Å². The monoisotopic (exact) mass is 253 g/mol. The van der Waals surface area contributed by atoms with Crippen LogP contribution in [0.25, 0.3) is 0 Å². The fraction of sp³-hybridized carbons (Fsp3) is 0.750. The second-order valence-corrected chi connectivity index (χ2v) is 6.73. The molecule has 1 N–H and O–H groups in total. The van der Waals surface area contributed by atoms with Crippen molar-refractivity contribution in [2.45, 2.75) is 40.0 Å². The molecule has 4 nitrogen and oxygen atoms in total. The normalized spacial score (nSPS) is 33.1. The maximum absolute atomic E-state index is 11.0. The minimum absolute atomic E-state index is 0.0197. The Morgan fingerprint density at radius 1 is 1.41 bits per heavy atom. The Morgan fingerprint density at radius 3 is 2.76 bits per heavy atom. The van der Waals surface area contributed by atoms with E-state index in [2.05, 4.69) is 36.3 Å². The van der Waals surface area contributed by atoms with Crippen LogP contribution >= 0.6 is 11.8 Å². The molecule has 1 aliphatic carbocycles. The summed E-state index contributed by atoms with van der Waals surface area (Å²) in [6.45, 7) is 6.81. The second kappa shape index (κ2) is 4.80. The maximum atomic E-state index is 11.0. The number of rotatable bonds is 1. The van der Waals surface area contributed by atoms with E-state index in [0.29, 0.717) is 22.3 Å². The van der Waals surface area contributed by atoms with Crippen molar-refractivity contribution in [1.82, 2.24) is 5.32 Å². The van der Waals surface area contributed by atoms with Gasteiger partial charge in [-0.15, -0.1) is 5.10 Å². The summed E-state index contributed by atoms with van der Waals surface area (Å²) in [7, 11) is 0. The summed E-state index contributed by atoms with van der Waals surface area (Å²) in [6, 6.07) is 0. The van der Waals surface area contributed by atoms with Crippen molar-refractivity contribution in [2.75, 3.05) is 5.75 Å². The van der Waals surface area contributed by atoms with Gasteiger partial charge in [-0.2, -0.15) is 5.10 Å². The van der Waals surface area contributed by atoms with Crippen molar-refractivity contribution in [3.05, 3.63) is 0 Å². The quantitative estimate of drug-likeness (QED) is 0.730. The lowest BCUT2D eigenvalue weighted by Crippen LogP contribution is -2.27. The standard InChI is InChI=1S/C12H19N3OS/c1-8-4-9(6-12(2,3)5-8)14-15-11-13-10(16)7-17-11/h8H,4-7H2,1-3H3,(H,13,15,16)/b14-9-/t8-/m1/s1. The molecule has 1 amide bonds. The zero-order valence-corrected chi connectivity index (χ0v) is 11.4. The molecule has 0 radical (unpaired) electrons. The van der Waals surface area contributed by atoms with E-state index in [-0.39, 0.29) is 5.91 Å². The topological polar surface area (TPSA) is 53.8 Å². The van der Waals surface area contributed by atoms with Crippen LogP contribution in [0.1, 0.15) is 40.0 Å². The van der Waals surface area contributed by atoms with Gasteiger partial charge >= 0.3 is 0 Å². The summed E-state index contributed by atoms with van der Waals surface area (Å²) in [5.74, 6) is 1.15. The van der Waals surface area contributed by atoms with E-state index in [4.69, 9.17) is 0 Å². The Hall–Kier alpha value is -0.840. The molecule has 2 fully saturated rings. The first-order valence-corrected chi connectivity index (χ1v) is 6.99. The molecule has 0 aromatic carbocycles. The summed E-state index contributed by atoms with van der Waals surface area (Å²) in [4.78, 5) is 11.0. The first-order valence-electron chi connectivity index (χ1n) is 6.01. The third-order valence-corrected chi connectivity index (χ3v) is 3.90. The predicted octanol–water partition coefficient (Wildman–Crippen LogP) is 2.41. The number of amides is 1. The van der Waals surface area contributed by atoms with Crippen molar-refractivity contribution < 1.29 is 4.79 Å². The van der Waals surface area contributed by atoms with Crippen LogP contribution in [-0.2, 0) is 4.79 Å². The molecule has 1 aliphatic heterocycles. The van der Waals surface area contributed by atoms with Gasteiger partial charge in [-0.1, -0.05) is 32.5 Å². The number of hydrogen-bond acceptors (Lipinski definition) is 4. The van der Waals surface area contributed by atoms with Gasteiger partial charge in [0.2, 0.25) is 5.91 Å². The van der Waals surface area contributed by atoms with Crippen molar-refractivity contribution in [3.8, 4) is 0 Å². The highest BCUT2D eigenvalue weighted by Crippen LogP contribution is 2.37. The average Bonchev–Trinajstić information content (AvgIpc) is 2.58. The minimum atomic E-state index is 0.0197. The fourth-order valence-corrected chi connectivity index (χ4v) is 3.31. The summed E-state index contributed by atoms with van der Waals surface area (Å²) >= 11 is 1.42. The molecule has 1 atom stereocenters. The van der Waals surface area contributed by atoms with Crippen LogP contribution in [-0.4, -0.2) is 22.5 Å². The average molecular weight is 253 g/mol. The van der Waals surface area contributed by atoms with Crippen LogP contribution in [0, 0.1) is 11.3 Å². The molecule has 0 aromatic heterocycles. The third-order valence-electron chi connectivity index (χ3n) is 3.04. The van der Waals surface area contributed by atoms with E-state index in [1.807, 2.05) is 0 Å². The van der Waals surface area contributed by atoms with Gasteiger partial charge in [0.1, 0.15) is 0 Å². The minimum Gasteiger partial charge on any atom is -0.303 e. The molecule has 94 valence electrons. The molecule has 0 spiro atoms. The summed E-state index contributed by atoms with van der Waals surface area (Å²) in [5.41, 5.74) is 1.48. The van der Waals surface area contributed by atoms with Crippen LogP contribution in [0.2, 0.25) is 0 Å². The van der Waals surface area contributed by atoms with Crippen LogP contribution in [0.4, 0.5) is 0 Å². The number of nitrogens with zero attached hydrogens (tertiary/aromatic N) is 2. The van der Waals surface area contributed by atoms with Gasteiger partial charge in [0, 0.05) is 5.71 Å². The molecule has 1 heterocycles. The predicted molar refractivity (Wildman–Crippen MR) is 72.3 cm³/mol. The molecule has 2 rings (SSSR count). The molecular formula is C12H19N3OS. The van der Waals surface area contributed by atoms with Gasteiger partial charge in [-0.3, -0.25) is 4.79 Å². The van der Waals surface area contributed by atoms with Crippen LogP contribution < -0.4 is 5.32 Å². The van der Waals surface area contributed by atoms with E-state index in [1.54, 1.807) is 0 Å². The van der Waals surface area contributed by atoms with Crippen LogP contribution in [0.15, 0.2) is 10.2 Å². The summed E-state index contributed by atoms with van der Waals surface area (Å²) in [5, 5.41) is 11.8. The lowest BCUT2D eigenvalue weighted by molar-refractivity contribution is -0.116. The maximum Gasteiger partial charge on any atom is 0.236 e. The van der Waals surface area contributed by atoms with Crippen LogP contribution in [0.5, 0.6) is 0 Å². The molecule has 0 unspecified atom stereocenters. The number of carbonyl (C=O) groups excluding carboxylic acids is 1. The van der Waals surface area contributed by atoms with E-state index in [1.165, 1.54) is 18.2 Å². The van der Waals surface area contributed by atoms with Crippen molar-refractivity contribution in [1.29, 1.82) is 0 Å². The number of carbonyl (C=O) groups is 1. The molecule has 1 saturated carbocycles. The van der Waals surface area contributed by atoms with Gasteiger partial charge in [-0.05, 0) is 30.6 Å². The zero-order chi connectivity index (χ0) is 12.5. The number of hydrogen-bond donors (Lipinski definition) is 1. The fourth-order valence-electron chi connectivity index (χ4n) is 2.69. The molecule has 1 saturated heterocycles. The molecule has 2 aliphatic rings. The van der Waals surface area contributed by atoms with Crippen molar-refractivity contribution in [3.63, 3.8) is 0 Å². The molecular weight excluding hydrogens is 234 g/mol. The van der Waals surface area contributed by atoms with Crippen LogP contribution in [0.3, 0.4) is 0 Å². The molecule has 0 aromatic rings.